The average molecular weight is 198 g/mol. The molecule has 0 radical (unpaired) electrons. The molecule has 0 aliphatic rings. The maximum Gasteiger partial charge on any atom is 0.330 e. The topological polar surface area (TPSA) is 65.2 Å². The van der Waals surface area contributed by atoms with Crippen molar-refractivity contribution < 1.29 is 13.9 Å². The quantitative estimate of drug-likeness (QED) is 0.557. The Kier molecular flexibility index (Phi) is 2.81. The summed E-state index contributed by atoms with van der Waals surface area (Å²) in [5, 5.41) is 0. The number of pyridine rings is 1. The zero-order valence-electron chi connectivity index (χ0n) is 7.95. The molecule has 0 aromatic carbocycles. The molecule has 0 saturated heterocycles. The van der Waals surface area contributed by atoms with Crippen molar-refractivity contribution in [3.05, 3.63) is 29.8 Å². The lowest BCUT2D eigenvalue weighted by Crippen LogP contribution is -2.43. The van der Waals surface area contributed by atoms with Gasteiger partial charge >= 0.3 is 5.97 Å². The van der Waals surface area contributed by atoms with Gasteiger partial charge in [-0.15, -0.1) is 0 Å². The summed E-state index contributed by atoms with van der Waals surface area (Å²) in [5.74, 6) is -1.47. The van der Waals surface area contributed by atoms with Crippen molar-refractivity contribution in [1.29, 1.82) is 0 Å². The van der Waals surface area contributed by atoms with Gasteiger partial charge in [0, 0.05) is 11.8 Å². The summed E-state index contributed by atoms with van der Waals surface area (Å²) in [6, 6.07) is 2.91. The number of hydrogen-bond donors (Lipinski definition) is 1. The van der Waals surface area contributed by atoms with Crippen LogP contribution in [-0.4, -0.2) is 18.1 Å². The summed E-state index contributed by atoms with van der Waals surface area (Å²) in [6.07, 6.45) is 1.28. The van der Waals surface area contributed by atoms with Crippen LogP contribution < -0.4 is 5.73 Å². The van der Waals surface area contributed by atoms with Crippen molar-refractivity contribution in [3.8, 4) is 0 Å². The predicted octanol–water partition coefficient (Wildman–Crippen LogP) is 0.568. The number of aromatic nitrogens is 1. The van der Waals surface area contributed by atoms with Crippen LogP contribution in [0.5, 0.6) is 0 Å². The highest BCUT2D eigenvalue weighted by molar-refractivity contribution is 5.81. The molecule has 0 fully saturated rings. The van der Waals surface area contributed by atoms with Gasteiger partial charge in [0.15, 0.2) is 0 Å². The lowest BCUT2D eigenvalue weighted by atomic mass is 9.95. The van der Waals surface area contributed by atoms with Gasteiger partial charge < -0.3 is 10.5 Å². The molecular formula is C9H11FN2O2. The van der Waals surface area contributed by atoms with Crippen LogP contribution in [0.1, 0.15) is 12.5 Å². The first-order chi connectivity index (χ1) is 6.50. The second-order valence-electron chi connectivity index (χ2n) is 3.04. The fourth-order valence-electron chi connectivity index (χ4n) is 1.10. The molecule has 1 rings (SSSR count). The van der Waals surface area contributed by atoms with Crippen LogP contribution >= 0.6 is 0 Å². The molecule has 1 atom stereocenters. The van der Waals surface area contributed by atoms with Gasteiger partial charge in [0.2, 0.25) is 5.95 Å². The van der Waals surface area contributed by atoms with Crippen LogP contribution in [0.15, 0.2) is 18.3 Å². The summed E-state index contributed by atoms with van der Waals surface area (Å²) in [6.45, 7) is 1.37. The normalized spacial score (nSPS) is 14.6. The van der Waals surface area contributed by atoms with Gasteiger partial charge in [-0.2, -0.15) is 4.39 Å². The minimum Gasteiger partial charge on any atom is -0.467 e. The summed E-state index contributed by atoms with van der Waals surface area (Å²) >= 11 is 0. The van der Waals surface area contributed by atoms with Gasteiger partial charge in [0.1, 0.15) is 5.54 Å². The second-order valence-corrected chi connectivity index (χ2v) is 3.04. The number of nitrogens with zero attached hydrogens (tertiary/aromatic N) is 1. The molecule has 5 heteroatoms. The number of methoxy groups -OCH3 is 1. The van der Waals surface area contributed by atoms with Gasteiger partial charge in [0.25, 0.3) is 0 Å². The number of rotatable bonds is 2. The van der Waals surface area contributed by atoms with Crippen LogP contribution in [0.3, 0.4) is 0 Å². The Morgan fingerprint density at radius 1 is 1.71 bits per heavy atom. The van der Waals surface area contributed by atoms with Crippen molar-refractivity contribution in [2.24, 2.45) is 5.73 Å². The molecule has 1 heterocycles. The fraction of sp³-hybridized carbons (Fsp3) is 0.333. The third kappa shape index (κ3) is 1.72. The SMILES string of the molecule is COC(=O)[C@](C)(N)c1cccnc1F. The molecule has 4 nitrogen and oxygen atoms in total. The largest absolute Gasteiger partial charge is 0.467 e. The summed E-state index contributed by atoms with van der Waals surface area (Å²) in [7, 11) is 1.20. The molecule has 1 aromatic heterocycles. The average Bonchev–Trinajstić information content (AvgIpc) is 2.17. The van der Waals surface area contributed by atoms with Crippen LogP contribution in [0.2, 0.25) is 0 Å². The first kappa shape index (κ1) is 10.6. The number of carbonyl (C=O) groups is 1. The summed E-state index contributed by atoms with van der Waals surface area (Å²) < 4.78 is 17.6. The number of ether oxygens (including phenoxy) is 1. The van der Waals surface area contributed by atoms with E-state index in [2.05, 4.69) is 9.72 Å². The molecule has 2 N–H and O–H groups in total. The van der Waals surface area contributed by atoms with E-state index in [1.165, 1.54) is 32.4 Å². The minimum absolute atomic E-state index is 0.0202. The van der Waals surface area contributed by atoms with E-state index in [0.717, 1.165) is 0 Å². The van der Waals surface area contributed by atoms with Crippen molar-refractivity contribution >= 4 is 5.97 Å². The Morgan fingerprint density at radius 3 is 2.86 bits per heavy atom. The third-order valence-corrected chi connectivity index (χ3v) is 1.93. The fourth-order valence-corrected chi connectivity index (χ4v) is 1.10. The molecule has 0 amide bonds. The number of halogens is 1. The van der Waals surface area contributed by atoms with Crippen molar-refractivity contribution in [2.75, 3.05) is 7.11 Å². The van der Waals surface area contributed by atoms with E-state index in [1.54, 1.807) is 0 Å². The minimum atomic E-state index is -1.51. The molecule has 0 bridgehead atoms. The van der Waals surface area contributed by atoms with Crippen LogP contribution in [0.4, 0.5) is 4.39 Å². The molecule has 1 aromatic rings. The maximum atomic E-state index is 13.2. The van der Waals surface area contributed by atoms with Gasteiger partial charge in [-0.25, -0.2) is 9.78 Å². The summed E-state index contributed by atoms with van der Waals surface area (Å²) in [4.78, 5) is 14.7. The van der Waals surface area contributed by atoms with E-state index in [1.807, 2.05) is 0 Å². The first-order valence-electron chi connectivity index (χ1n) is 3.98. The van der Waals surface area contributed by atoms with Gasteiger partial charge in [-0.1, -0.05) is 6.07 Å². The van der Waals surface area contributed by atoms with E-state index in [0.29, 0.717) is 0 Å². The smallest absolute Gasteiger partial charge is 0.330 e. The highest BCUT2D eigenvalue weighted by Gasteiger charge is 2.34. The molecule has 0 unspecified atom stereocenters. The Bertz CT molecular complexity index is 352. The third-order valence-electron chi connectivity index (χ3n) is 1.93. The first-order valence-corrected chi connectivity index (χ1v) is 3.98. The van der Waals surface area contributed by atoms with Gasteiger partial charge in [0.05, 0.1) is 7.11 Å². The predicted molar refractivity (Wildman–Crippen MR) is 47.8 cm³/mol. The monoisotopic (exact) mass is 198 g/mol. The van der Waals surface area contributed by atoms with E-state index in [-0.39, 0.29) is 5.56 Å². The Labute approximate surface area is 80.9 Å². The number of hydrogen-bond acceptors (Lipinski definition) is 4. The highest BCUT2D eigenvalue weighted by Crippen LogP contribution is 2.20. The number of carbonyl (C=O) groups excluding carboxylic acids is 1. The molecule has 0 spiro atoms. The van der Waals surface area contributed by atoms with Crippen molar-refractivity contribution in [3.63, 3.8) is 0 Å². The molecule has 0 saturated carbocycles. The standard InChI is InChI=1S/C9H11FN2O2/c1-9(11,8(13)14-2)6-4-3-5-12-7(6)10/h3-5H,11H2,1-2H3/t9-/m1/s1. The van der Waals surface area contributed by atoms with Crippen molar-refractivity contribution in [1.82, 2.24) is 4.98 Å². The lowest BCUT2D eigenvalue weighted by Gasteiger charge is -2.21. The highest BCUT2D eigenvalue weighted by atomic mass is 19.1. The Hall–Kier alpha value is -1.49. The van der Waals surface area contributed by atoms with E-state index in [9.17, 15) is 9.18 Å². The second kappa shape index (κ2) is 3.71. The maximum absolute atomic E-state index is 13.2. The molecular weight excluding hydrogens is 187 g/mol. The van der Waals surface area contributed by atoms with Gasteiger partial charge in [-0.3, -0.25) is 0 Å². The van der Waals surface area contributed by atoms with E-state index in [4.69, 9.17) is 5.73 Å². The summed E-state index contributed by atoms with van der Waals surface area (Å²) in [5.41, 5.74) is 4.15. The van der Waals surface area contributed by atoms with Crippen molar-refractivity contribution in [2.45, 2.75) is 12.5 Å². The zero-order chi connectivity index (χ0) is 10.8. The molecule has 14 heavy (non-hydrogen) atoms. The molecule has 0 aliphatic carbocycles. The number of nitrogens with two attached hydrogens (primary N) is 1. The number of esters is 1. The van der Waals surface area contributed by atoms with E-state index < -0.39 is 17.5 Å². The van der Waals surface area contributed by atoms with Crippen LogP contribution in [0, 0.1) is 5.95 Å². The van der Waals surface area contributed by atoms with Gasteiger partial charge in [-0.05, 0) is 13.0 Å². The van der Waals surface area contributed by atoms with Crippen LogP contribution in [0.25, 0.3) is 0 Å². The Balaban J connectivity index is 3.16. The molecule has 0 aliphatic heterocycles. The Morgan fingerprint density at radius 2 is 2.36 bits per heavy atom. The lowest BCUT2D eigenvalue weighted by molar-refractivity contribution is -0.146. The van der Waals surface area contributed by atoms with Crippen LogP contribution in [-0.2, 0) is 15.1 Å². The zero-order valence-corrected chi connectivity index (χ0v) is 7.95. The van der Waals surface area contributed by atoms with E-state index >= 15 is 0 Å². The molecule has 76 valence electrons.